The average molecular weight is 430 g/mol. The second kappa shape index (κ2) is 6.58. The van der Waals surface area contributed by atoms with Gasteiger partial charge in [0.05, 0.1) is 0 Å². The maximum atomic E-state index is 12.8. The van der Waals surface area contributed by atoms with E-state index < -0.39 is 0 Å². The fraction of sp³-hybridized carbons (Fsp3) is 0.188. The van der Waals surface area contributed by atoms with Crippen LogP contribution in [0.25, 0.3) is 0 Å². The Balaban J connectivity index is 1.91. The molecule has 1 atom stereocenters. The third-order valence-electron chi connectivity index (χ3n) is 3.39. The summed E-state index contributed by atoms with van der Waals surface area (Å²) in [6.45, 7) is 0.755. The van der Waals surface area contributed by atoms with Crippen LogP contribution in [0.1, 0.15) is 21.3 Å². The zero-order valence-electron chi connectivity index (χ0n) is 11.1. The van der Waals surface area contributed by atoms with Gasteiger partial charge in [-0.3, -0.25) is 4.79 Å². The number of halogens is 2. The van der Waals surface area contributed by atoms with Crippen molar-refractivity contribution >= 4 is 51.9 Å². The summed E-state index contributed by atoms with van der Waals surface area (Å²) < 4.78 is 1.07. The largest absolute Gasteiger partial charge is 0.322 e. The summed E-state index contributed by atoms with van der Waals surface area (Å²) in [5.74, 6) is 1.01. The quantitative estimate of drug-likeness (QED) is 0.637. The molecule has 108 valence electrons. The van der Waals surface area contributed by atoms with Crippen molar-refractivity contribution in [1.29, 1.82) is 0 Å². The molecular weight excluding hydrogens is 417 g/mol. The SMILES string of the molecule is O=C(c1cccc(I)c1)N1CCSC1c1ccccc1Cl. The fourth-order valence-corrected chi connectivity index (χ4v) is 4.54. The highest BCUT2D eigenvalue weighted by Crippen LogP contribution is 2.41. The molecule has 0 N–H and O–H groups in total. The zero-order chi connectivity index (χ0) is 14.8. The Hall–Kier alpha value is -0.720. The van der Waals surface area contributed by atoms with Crippen molar-refractivity contribution in [2.24, 2.45) is 0 Å². The lowest BCUT2D eigenvalue weighted by Gasteiger charge is -2.25. The standard InChI is InChI=1S/C16H13ClINOS/c17-14-7-2-1-6-13(14)16-19(8-9-21-16)15(20)11-4-3-5-12(18)10-11/h1-7,10,16H,8-9H2. The van der Waals surface area contributed by atoms with Gasteiger partial charge in [-0.05, 0) is 46.9 Å². The highest BCUT2D eigenvalue weighted by Gasteiger charge is 2.32. The molecule has 2 aromatic rings. The molecular formula is C16H13ClINOS. The van der Waals surface area contributed by atoms with E-state index in [4.69, 9.17) is 11.6 Å². The third-order valence-corrected chi connectivity index (χ3v) is 5.65. The van der Waals surface area contributed by atoms with Crippen molar-refractivity contribution in [1.82, 2.24) is 4.90 Å². The Labute approximate surface area is 147 Å². The van der Waals surface area contributed by atoms with Gasteiger partial charge in [0.25, 0.3) is 5.91 Å². The van der Waals surface area contributed by atoms with Crippen LogP contribution >= 0.6 is 46.0 Å². The first-order valence-corrected chi connectivity index (χ1v) is 9.10. The Morgan fingerprint density at radius 3 is 2.81 bits per heavy atom. The molecule has 2 nitrogen and oxygen atoms in total. The van der Waals surface area contributed by atoms with Crippen LogP contribution in [0.4, 0.5) is 0 Å². The van der Waals surface area contributed by atoms with Gasteiger partial charge in [0.2, 0.25) is 0 Å². The smallest absolute Gasteiger partial charge is 0.255 e. The fourth-order valence-electron chi connectivity index (χ4n) is 2.40. The molecule has 1 fully saturated rings. The lowest BCUT2D eigenvalue weighted by molar-refractivity contribution is 0.0760. The van der Waals surface area contributed by atoms with Crippen LogP contribution in [-0.2, 0) is 0 Å². The molecule has 1 heterocycles. The number of amides is 1. The Morgan fingerprint density at radius 2 is 2.05 bits per heavy atom. The molecule has 1 amide bonds. The van der Waals surface area contributed by atoms with Crippen LogP contribution in [-0.4, -0.2) is 23.1 Å². The predicted molar refractivity (Wildman–Crippen MR) is 96.8 cm³/mol. The number of carbonyl (C=O) groups excluding carboxylic acids is 1. The summed E-state index contributed by atoms with van der Waals surface area (Å²) in [7, 11) is 0. The zero-order valence-corrected chi connectivity index (χ0v) is 14.9. The number of thioether (sulfide) groups is 1. The van der Waals surface area contributed by atoms with Gasteiger partial charge in [0, 0.05) is 32.0 Å². The van der Waals surface area contributed by atoms with Gasteiger partial charge in [0.1, 0.15) is 5.37 Å². The predicted octanol–water partition coefficient (Wildman–Crippen LogP) is 4.83. The summed E-state index contributed by atoms with van der Waals surface area (Å²) in [4.78, 5) is 14.7. The molecule has 1 unspecified atom stereocenters. The topological polar surface area (TPSA) is 20.3 Å². The number of carbonyl (C=O) groups is 1. The molecule has 2 aromatic carbocycles. The van der Waals surface area contributed by atoms with E-state index in [1.807, 2.05) is 53.4 Å². The maximum absolute atomic E-state index is 12.8. The third kappa shape index (κ3) is 3.22. The van der Waals surface area contributed by atoms with E-state index in [-0.39, 0.29) is 11.3 Å². The van der Waals surface area contributed by atoms with Crippen molar-refractivity contribution in [2.45, 2.75) is 5.37 Å². The Kier molecular flexibility index (Phi) is 4.76. The van der Waals surface area contributed by atoms with E-state index in [0.29, 0.717) is 0 Å². The molecule has 0 radical (unpaired) electrons. The van der Waals surface area contributed by atoms with Crippen LogP contribution in [0.5, 0.6) is 0 Å². The van der Waals surface area contributed by atoms with Gasteiger partial charge in [0.15, 0.2) is 0 Å². The minimum Gasteiger partial charge on any atom is -0.322 e. The number of hydrogen-bond acceptors (Lipinski definition) is 2. The average Bonchev–Trinajstić information content (AvgIpc) is 2.96. The van der Waals surface area contributed by atoms with Gasteiger partial charge in [-0.2, -0.15) is 0 Å². The van der Waals surface area contributed by atoms with Crippen molar-refractivity contribution < 1.29 is 4.79 Å². The number of benzene rings is 2. The van der Waals surface area contributed by atoms with Crippen LogP contribution in [0.2, 0.25) is 5.02 Å². The first-order chi connectivity index (χ1) is 10.2. The van der Waals surface area contributed by atoms with Gasteiger partial charge in [-0.15, -0.1) is 11.8 Å². The van der Waals surface area contributed by atoms with Crippen molar-refractivity contribution in [3.05, 3.63) is 68.3 Å². The van der Waals surface area contributed by atoms with E-state index in [1.165, 1.54) is 0 Å². The van der Waals surface area contributed by atoms with E-state index in [0.717, 1.165) is 32.0 Å². The lowest BCUT2D eigenvalue weighted by Crippen LogP contribution is -2.30. The molecule has 0 bridgehead atoms. The molecule has 1 saturated heterocycles. The Bertz CT molecular complexity index is 679. The second-order valence-electron chi connectivity index (χ2n) is 4.75. The number of hydrogen-bond donors (Lipinski definition) is 0. The van der Waals surface area contributed by atoms with Crippen molar-refractivity contribution in [3.63, 3.8) is 0 Å². The molecule has 0 saturated carbocycles. The van der Waals surface area contributed by atoms with Crippen LogP contribution in [0, 0.1) is 3.57 Å². The second-order valence-corrected chi connectivity index (χ2v) is 7.59. The van der Waals surface area contributed by atoms with E-state index in [1.54, 1.807) is 11.8 Å². The Morgan fingerprint density at radius 1 is 1.24 bits per heavy atom. The summed E-state index contributed by atoms with van der Waals surface area (Å²) in [6, 6.07) is 15.5. The molecule has 1 aliphatic rings. The molecule has 0 spiro atoms. The van der Waals surface area contributed by atoms with Gasteiger partial charge in [-0.1, -0.05) is 35.9 Å². The van der Waals surface area contributed by atoms with Crippen molar-refractivity contribution in [3.8, 4) is 0 Å². The summed E-state index contributed by atoms with van der Waals surface area (Å²) in [5.41, 5.74) is 1.75. The minimum absolute atomic E-state index is 0.00377. The van der Waals surface area contributed by atoms with E-state index in [9.17, 15) is 4.79 Å². The van der Waals surface area contributed by atoms with Crippen LogP contribution < -0.4 is 0 Å². The highest BCUT2D eigenvalue weighted by atomic mass is 127. The molecule has 3 rings (SSSR count). The van der Waals surface area contributed by atoms with Crippen molar-refractivity contribution in [2.75, 3.05) is 12.3 Å². The number of nitrogens with zero attached hydrogens (tertiary/aromatic N) is 1. The molecule has 21 heavy (non-hydrogen) atoms. The van der Waals surface area contributed by atoms with Gasteiger partial charge < -0.3 is 4.90 Å². The lowest BCUT2D eigenvalue weighted by atomic mass is 10.1. The molecule has 5 heteroatoms. The van der Waals surface area contributed by atoms with Gasteiger partial charge >= 0.3 is 0 Å². The summed E-state index contributed by atoms with van der Waals surface area (Å²) in [6.07, 6.45) is 0. The van der Waals surface area contributed by atoms with Gasteiger partial charge in [-0.25, -0.2) is 0 Å². The highest BCUT2D eigenvalue weighted by molar-refractivity contribution is 14.1. The minimum atomic E-state index is 0.00377. The van der Waals surface area contributed by atoms with E-state index >= 15 is 0 Å². The van der Waals surface area contributed by atoms with Crippen LogP contribution in [0.3, 0.4) is 0 Å². The first kappa shape index (κ1) is 15.2. The van der Waals surface area contributed by atoms with E-state index in [2.05, 4.69) is 22.6 Å². The summed E-state index contributed by atoms with van der Waals surface area (Å²) >= 11 is 10.3. The summed E-state index contributed by atoms with van der Waals surface area (Å²) in [5, 5.41) is 0.724. The monoisotopic (exact) mass is 429 g/mol. The molecule has 1 aliphatic heterocycles. The first-order valence-electron chi connectivity index (χ1n) is 6.59. The van der Waals surface area contributed by atoms with Crippen LogP contribution in [0.15, 0.2) is 48.5 Å². The number of rotatable bonds is 2. The molecule has 0 aliphatic carbocycles. The maximum Gasteiger partial charge on any atom is 0.255 e. The normalized spacial score (nSPS) is 18.0. The molecule has 0 aromatic heterocycles.